The van der Waals surface area contributed by atoms with Crippen LogP contribution in [0.4, 0.5) is 5.95 Å². The highest BCUT2D eigenvalue weighted by atomic mass is 16.5. The number of carbonyl (C=O) groups excluding carboxylic acids is 2. The number of benzene rings is 1. The monoisotopic (exact) mass is 482 g/mol. The number of fused-ring (bicyclic) bond motifs is 2. The first-order valence-electron chi connectivity index (χ1n) is 11.2. The molecule has 0 fully saturated rings. The van der Waals surface area contributed by atoms with E-state index in [2.05, 4.69) is 15.0 Å². The SMILES string of the molecule is CCOC(=O)C/N=C1\Cn2c(nc3c(ncn3Cc3ccc(OC)cc3)c2=O)N1CC(=O)OCC. The third-order valence-electron chi connectivity index (χ3n) is 5.36. The first-order chi connectivity index (χ1) is 16.9. The molecular weight excluding hydrogens is 456 g/mol. The van der Waals surface area contributed by atoms with Crippen molar-refractivity contribution in [3.8, 4) is 5.75 Å². The van der Waals surface area contributed by atoms with Gasteiger partial charge in [-0.1, -0.05) is 12.1 Å². The zero-order chi connectivity index (χ0) is 24.9. The van der Waals surface area contributed by atoms with Gasteiger partial charge in [-0.05, 0) is 31.5 Å². The highest BCUT2D eigenvalue weighted by Crippen LogP contribution is 2.22. The highest BCUT2D eigenvalue weighted by Gasteiger charge is 2.32. The molecule has 1 aliphatic rings. The van der Waals surface area contributed by atoms with E-state index in [1.807, 2.05) is 24.3 Å². The third kappa shape index (κ3) is 5.00. The molecule has 0 aliphatic carbocycles. The molecule has 184 valence electrons. The van der Waals surface area contributed by atoms with Crippen LogP contribution in [-0.2, 0) is 32.2 Å². The predicted octanol–water partition coefficient (Wildman–Crippen LogP) is 0.995. The van der Waals surface area contributed by atoms with Crippen LogP contribution in [0.3, 0.4) is 0 Å². The first-order valence-corrected chi connectivity index (χ1v) is 11.2. The van der Waals surface area contributed by atoms with Crippen molar-refractivity contribution in [2.75, 3.05) is 38.3 Å². The van der Waals surface area contributed by atoms with E-state index in [0.29, 0.717) is 18.0 Å². The molecule has 1 aromatic carbocycles. The van der Waals surface area contributed by atoms with Gasteiger partial charge in [-0.15, -0.1) is 0 Å². The molecule has 4 rings (SSSR count). The average Bonchev–Trinajstić information content (AvgIpc) is 3.41. The van der Waals surface area contributed by atoms with Gasteiger partial charge < -0.3 is 18.8 Å². The van der Waals surface area contributed by atoms with E-state index in [0.717, 1.165) is 11.3 Å². The molecule has 1 aliphatic heterocycles. The van der Waals surface area contributed by atoms with Crippen LogP contribution in [0.5, 0.6) is 5.75 Å². The number of nitrogens with zero attached hydrogens (tertiary/aromatic N) is 6. The summed E-state index contributed by atoms with van der Waals surface area (Å²) in [4.78, 5) is 52.1. The average molecular weight is 482 g/mol. The van der Waals surface area contributed by atoms with Crippen molar-refractivity contribution in [1.29, 1.82) is 0 Å². The summed E-state index contributed by atoms with van der Waals surface area (Å²) in [5, 5.41) is 0. The fourth-order valence-electron chi connectivity index (χ4n) is 3.75. The highest BCUT2D eigenvalue weighted by molar-refractivity contribution is 6.03. The number of methoxy groups -OCH3 is 1. The minimum atomic E-state index is -0.509. The predicted molar refractivity (Wildman–Crippen MR) is 127 cm³/mol. The Morgan fingerprint density at radius 2 is 1.80 bits per heavy atom. The van der Waals surface area contributed by atoms with Gasteiger partial charge in [0.25, 0.3) is 5.56 Å². The maximum absolute atomic E-state index is 13.3. The second-order valence-corrected chi connectivity index (χ2v) is 7.62. The Balaban J connectivity index is 1.72. The number of aliphatic imine (C=N–C) groups is 1. The van der Waals surface area contributed by atoms with Crippen LogP contribution in [0.25, 0.3) is 11.2 Å². The van der Waals surface area contributed by atoms with Crippen molar-refractivity contribution in [3.63, 3.8) is 0 Å². The molecule has 2 aromatic heterocycles. The third-order valence-corrected chi connectivity index (χ3v) is 5.36. The van der Waals surface area contributed by atoms with Crippen molar-refractivity contribution in [2.24, 2.45) is 4.99 Å². The van der Waals surface area contributed by atoms with Gasteiger partial charge in [0.05, 0.1) is 39.7 Å². The van der Waals surface area contributed by atoms with Gasteiger partial charge in [0, 0.05) is 0 Å². The zero-order valence-corrected chi connectivity index (χ0v) is 19.8. The Morgan fingerprint density at radius 3 is 2.49 bits per heavy atom. The number of anilines is 1. The molecule has 0 unspecified atom stereocenters. The molecule has 0 N–H and O–H groups in total. The summed E-state index contributed by atoms with van der Waals surface area (Å²) in [5.74, 6) is 0.290. The Hall–Kier alpha value is -4.22. The fraction of sp³-hybridized carbons (Fsp3) is 0.391. The van der Waals surface area contributed by atoms with Gasteiger partial charge >= 0.3 is 11.9 Å². The molecule has 0 saturated carbocycles. The molecule has 0 amide bonds. The number of carbonyl (C=O) groups is 2. The van der Waals surface area contributed by atoms with Gasteiger partial charge in [0.1, 0.15) is 24.7 Å². The molecule has 0 spiro atoms. The molecule has 0 bridgehead atoms. The summed E-state index contributed by atoms with van der Waals surface area (Å²) < 4.78 is 18.4. The van der Waals surface area contributed by atoms with Crippen LogP contribution in [-0.4, -0.2) is 70.3 Å². The van der Waals surface area contributed by atoms with Crippen molar-refractivity contribution in [3.05, 3.63) is 46.5 Å². The lowest BCUT2D eigenvalue weighted by Crippen LogP contribution is -2.35. The van der Waals surface area contributed by atoms with Crippen LogP contribution < -0.4 is 15.2 Å². The van der Waals surface area contributed by atoms with E-state index in [9.17, 15) is 14.4 Å². The van der Waals surface area contributed by atoms with E-state index < -0.39 is 11.9 Å². The van der Waals surface area contributed by atoms with Crippen LogP contribution in [0.15, 0.2) is 40.4 Å². The van der Waals surface area contributed by atoms with E-state index in [1.54, 1.807) is 31.9 Å². The smallest absolute Gasteiger partial charge is 0.327 e. The summed E-state index contributed by atoms with van der Waals surface area (Å²) in [6, 6.07) is 7.53. The minimum absolute atomic E-state index is 0.0429. The van der Waals surface area contributed by atoms with E-state index >= 15 is 0 Å². The number of hydrogen-bond acceptors (Lipinski definition) is 9. The van der Waals surface area contributed by atoms with Gasteiger partial charge in [-0.3, -0.25) is 28.8 Å². The summed E-state index contributed by atoms with van der Waals surface area (Å²) in [5.41, 5.74) is 1.17. The first kappa shape index (κ1) is 23.9. The molecular formula is C23H26N6O6. The molecule has 0 radical (unpaired) electrons. The Kier molecular flexibility index (Phi) is 7.09. The fourth-order valence-corrected chi connectivity index (χ4v) is 3.75. The Labute approximate surface area is 200 Å². The summed E-state index contributed by atoms with van der Waals surface area (Å²) in [6.45, 7) is 3.86. The van der Waals surface area contributed by atoms with Crippen LogP contribution in [0, 0.1) is 0 Å². The molecule has 35 heavy (non-hydrogen) atoms. The number of ether oxygens (including phenoxy) is 3. The van der Waals surface area contributed by atoms with Crippen molar-refractivity contribution < 1.29 is 23.8 Å². The molecule has 3 heterocycles. The van der Waals surface area contributed by atoms with Crippen molar-refractivity contribution >= 4 is 34.9 Å². The number of aromatic nitrogens is 4. The molecule has 12 nitrogen and oxygen atoms in total. The lowest BCUT2D eigenvalue weighted by Gasteiger charge is -2.17. The Morgan fingerprint density at radius 1 is 1.09 bits per heavy atom. The number of rotatable bonds is 9. The van der Waals surface area contributed by atoms with Gasteiger partial charge in [-0.2, -0.15) is 4.98 Å². The molecule has 0 saturated heterocycles. The zero-order valence-electron chi connectivity index (χ0n) is 19.8. The van der Waals surface area contributed by atoms with Crippen LogP contribution in [0.2, 0.25) is 0 Å². The van der Waals surface area contributed by atoms with Gasteiger partial charge in [-0.25, -0.2) is 4.98 Å². The topological polar surface area (TPSA) is 130 Å². The Bertz CT molecular complexity index is 1330. The van der Waals surface area contributed by atoms with E-state index in [4.69, 9.17) is 14.2 Å². The normalized spacial score (nSPS) is 13.8. The van der Waals surface area contributed by atoms with Gasteiger partial charge in [0.2, 0.25) is 5.95 Å². The van der Waals surface area contributed by atoms with E-state index in [1.165, 1.54) is 9.47 Å². The van der Waals surface area contributed by atoms with Gasteiger partial charge in [0.15, 0.2) is 11.2 Å². The molecule has 3 aromatic rings. The summed E-state index contributed by atoms with van der Waals surface area (Å²) >= 11 is 0. The second kappa shape index (κ2) is 10.4. The van der Waals surface area contributed by atoms with E-state index in [-0.39, 0.29) is 49.9 Å². The van der Waals surface area contributed by atoms with Crippen LogP contribution in [0.1, 0.15) is 19.4 Å². The largest absolute Gasteiger partial charge is 0.497 e. The van der Waals surface area contributed by atoms with Crippen LogP contribution >= 0.6 is 0 Å². The lowest BCUT2D eigenvalue weighted by atomic mass is 10.2. The second-order valence-electron chi connectivity index (χ2n) is 7.62. The maximum Gasteiger partial charge on any atom is 0.327 e. The standard InChI is InChI=1S/C23H26N6O6/c1-4-34-18(30)10-24-17-12-29-22(32)20-21(26-23(29)28(17)13-19(31)35-5-2)27(14-25-20)11-15-6-8-16(33-3)9-7-15/h6-9,14H,4-5,10-13H2,1-3H3/b24-17+. The number of esters is 2. The van der Waals surface area contributed by atoms with Crippen molar-refractivity contribution in [1.82, 2.24) is 19.1 Å². The number of imidazole rings is 1. The molecule has 12 heteroatoms. The summed E-state index contributed by atoms with van der Waals surface area (Å²) in [6.07, 6.45) is 1.56. The maximum atomic E-state index is 13.3. The number of hydrogen-bond donors (Lipinski definition) is 0. The quantitative estimate of drug-likeness (QED) is 0.410. The summed E-state index contributed by atoms with van der Waals surface area (Å²) in [7, 11) is 1.60. The van der Waals surface area contributed by atoms with Crippen molar-refractivity contribution in [2.45, 2.75) is 26.9 Å². The number of amidine groups is 1. The lowest BCUT2D eigenvalue weighted by molar-refractivity contribution is -0.142. The minimum Gasteiger partial charge on any atom is -0.497 e. The molecule has 0 atom stereocenters.